The number of hydrogen-bond donors (Lipinski definition) is 0. The van der Waals surface area contributed by atoms with Crippen molar-refractivity contribution in [2.24, 2.45) is 0 Å². The fourth-order valence-corrected chi connectivity index (χ4v) is 5.28. The Morgan fingerprint density at radius 2 is 1.13 bits per heavy atom. The van der Waals surface area contributed by atoms with Crippen LogP contribution in [-0.4, -0.2) is 12.6 Å². The van der Waals surface area contributed by atoms with Crippen molar-refractivity contribution in [3.05, 3.63) is 129 Å². The second-order valence-corrected chi connectivity index (χ2v) is 8.29. The maximum Gasteiger partial charge on any atom is 0.150 e. The van der Waals surface area contributed by atoms with Gasteiger partial charge in [-0.05, 0) is 33.9 Å². The number of carbonyl (C=O) groups is 2. The first-order valence-corrected chi connectivity index (χ1v) is 10.5. The third-order valence-electron chi connectivity index (χ3n) is 5.98. The Bertz CT molecular complexity index is 1220. The molecule has 0 fully saturated rings. The Morgan fingerprint density at radius 1 is 0.600 bits per heavy atom. The molecule has 2 nitrogen and oxygen atoms in total. The molecule has 0 aliphatic heterocycles. The fourth-order valence-electron chi connectivity index (χ4n) is 4.70. The Balaban J connectivity index is 1.93. The van der Waals surface area contributed by atoms with Crippen molar-refractivity contribution in [1.29, 1.82) is 0 Å². The molecule has 0 aromatic heterocycles. The van der Waals surface area contributed by atoms with Crippen molar-refractivity contribution < 1.29 is 9.59 Å². The molecule has 0 atom stereocenters. The quantitative estimate of drug-likeness (QED) is 0.294. The average molecular weight is 453 g/mol. The number of halogens is 1. The van der Waals surface area contributed by atoms with Crippen molar-refractivity contribution in [3.63, 3.8) is 0 Å². The molecule has 0 bridgehead atoms. The molecule has 144 valence electrons. The van der Waals surface area contributed by atoms with Crippen LogP contribution in [0.1, 0.15) is 43.0 Å². The highest BCUT2D eigenvalue weighted by Gasteiger charge is 2.46. The lowest BCUT2D eigenvalue weighted by Gasteiger charge is -2.34. The molecule has 4 aromatic carbocycles. The van der Waals surface area contributed by atoms with E-state index < -0.39 is 5.41 Å². The minimum absolute atomic E-state index is 0.543. The van der Waals surface area contributed by atoms with Crippen LogP contribution in [0.4, 0.5) is 0 Å². The molecule has 0 unspecified atom stereocenters. The number of carbonyl (C=O) groups excluding carboxylic acids is 2. The van der Waals surface area contributed by atoms with Gasteiger partial charge in [0.2, 0.25) is 0 Å². The van der Waals surface area contributed by atoms with Crippen LogP contribution >= 0.6 is 15.9 Å². The van der Waals surface area contributed by atoms with Gasteiger partial charge in [0.05, 0.1) is 5.41 Å². The molecule has 1 aliphatic rings. The van der Waals surface area contributed by atoms with E-state index in [4.69, 9.17) is 0 Å². The number of rotatable bonds is 4. The number of fused-ring (bicyclic) bond motifs is 3. The summed E-state index contributed by atoms with van der Waals surface area (Å²) in [5, 5.41) is 0. The molecule has 5 rings (SSSR count). The molecule has 30 heavy (non-hydrogen) atoms. The number of aldehydes is 2. The van der Waals surface area contributed by atoms with E-state index in [0.29, 0.717) is 11.1 Å². The summed E-state index contributed by atoms with van der Waals surface area (Å²) < 4.78 is 1.04. The van der Waals surface area contributed by atoms with Crippen LogP contribution in [0.25, 0.3) is 11.1 Å². The molecule has 0 heterocycles. The highest BCUT2D eigenvalue weighted by Crippen LogP contribution is 2.57. The third kappa shape index (κ3) is 2.55. The molecule has 1 aliphatic carbocycles. The summed E-state index contributed by atoms with van der Waals surface area (Å²) in [6, 6.07) is 30.3. The molecule has 0 spiro atoms. The van der Waals surface area contributed by atoms with Gasteiger partial charge in [0.1, 0.15) is 12.6 Å². The fraction of sp³-hybridized carbons (Fsp3) is 0.0370. The van der Waals surface area contributed by atoms with Crippen LogP contribution in [0, 0.1) is 0 Å². The number of hydrogen-bond acceptors (Lipinski definition) is 2. The van der Waals surface area contributed by atoms with Gasteiger partial charge in [-0.3, -0.25) is 9.59 Å². The van der Waals surface area contributed by atoms with E-state index in [2.05, 4.69) is 58.4 Å². The van der Waals surface area contributed by atoms with Crippen molar-refractivity contribution in [3.8, 4) is 11.1 Å². The van der Waals surface area contributed by atoms with Gasteiger partial charge in [0.15, 0.2) is 0 Å². The van der Waals surface area contributed by atoms with E-state index in [-0.39, 0.29) is 0 Å². The first-order chi connectivity index (χ1) is 14.7. The lowest BCUT2D eigenvalue weighted by atomic mass is 9.67. The maximum absolute atomic E-state index is 11.3. The second-order valence-electron chi connectivity index (χ2n) is 7.44. The van der Waals surface area contributed by atoms with Gasteiger partial charge in [0.25, 0.3) is 0 Å². The Labute approximate surface area is 183 Å². The minimum Gasteiger partial charge on any atom is -0.298 e. The van der Waals surface area contributed by atoms with Crippen LogP contribution in [0.3, 0.4) is 0 Å². The van der Waals surface area contributed by atoms with Crippen molar-refractivity contribution in [2.45, 2.75) is 5.41 Å². The summed E-state index contributed by atoms with van der Waals surface area (Å²) in [6.07, 6.45) is 1.73. The minimum atomic E-state index is -0.543. The lowest BCUT2D eigenvalue weighted by molar-refractivity contribution is 0.111. The van der Waals surface area contributed by atoms with Crippen molar-refractivity contribution in [1.82, 2.24) is 0 Å². The van der Waals surface area contributed by atoms with E-state index in [0.717, 1.165) is 28.2 Å². The van der Waals surface area contributed by atoms with Gasteiger partial charge in [-0.25, -0.2) is 0 Å². The van der Waals surface area contributed by atoms with E-state index in [1.165, 1.54) is 22.3 Å². The van der Waals surface area contributed by atoms with E-state index in [1.54, 1.807) is 0 Å². The van der Waals surface area contributed by atoms with Crippen molar-refractivity contribution in [2.75, 3.05) is 0 Å². The Hall–Kier alpha value is -3.30. The van der Waals surface area contributed by atoms with E-state index in [1.807, 2.05) is 48.5 Å². The molecule has 4 aromatic rings. The van der Waals surface area contributed by atoms with E-state index in [9.17, 15) is 9.59 Å². The van der Waals surface area contributed by atoms with Gasteiger partial charge in [0, 0.05) is 21.2 Å². The average Bonchev–Trinajstić information content (AvgIpc) is 3.11. The molecule has 0 N–H and O–H groups in total. The highest BCUT2D eigenvalue weighted by molar-refractivity contribution is 9.10. The standard InChI is InChI=1S/C27H17BrO2/c28-25-7-3-6-24-26(25)22-4-1-2-5-23(22)27(24,20-12-8-18(16-29)9-13-20)21-14-10-19(17-30)11-15-21/h1-17H. The lowest BCUT2D eigenvalue weighted by Crippen LogP contribution is -2.28. The van der Waals surface area contributed by atoms with Crippen LogP contribution in [0.5, 0.6) is 0 Å². The summed E-state index contributed by atoms with van der Waals surface area (Å²) in [6.45, 7) is 0. The van der Waals surface area contributed by atoms with Gasteiger partial charge in [-0.2, -0.15) is 0 Å². The smallest absolute Gasteiger partial charge is 0.150 e. The second kappa shape index (κ2) is 7.19. The van der Waals surface area contributed by atoms with Gasteiger partial charge in [-0.1, -0.05) is 101 Å². The zero-order valence-electron chi connectivity index (χ0n) is 16.0. The van der Waals surface area contributed by atoms with Gasteiger partial charge >= 0.3 is 0 Å². The predicted octanol–water partition coefficient (Wildman–Crippen LogP) is 6.44. The predicted molar refractivity (Wildman–Crippen MR) is 122 cm³/mol. The normalized spacial score (nSPS) is 13.4. The van der Waals surface area contributed by atoms with Crippen LogP contribution in [-0.2, 0) is 5.41 Å². The summed E-state index contributed by atoms with van der Waals surface area (Å²) >= 11 is 3.77. The van der Waals surface area contributed by atoms with Gasteiger partial charge in [-0.15, -0.1) is 0 Å². The topological polar surface area (TPSA) is 34.1 Å². The molecular weight excluding hydrogens is 436 g/mol. The Kier molecular flexibility index (Phi) is 4.48. The SMILES string of the molecule is O=Cc1ccc(C2(c3ccc(C=O)cc3)c3ccccc3-c3c(Br)cccc32)cc1. The van der Waals surface area contributed by atoms with Crippen LogP contribution in [0.15, 0.2) is 95.5 Å². The molecule has 0 saturated carbocycles. The monoisotopic (exact) mass is 452 g/mol. The molecule has 3 heteroatoms. The van der Waals surface area contributed by atoms with E-state index >= 15 is 0 Å². The number of benzene rings is 4. The zero-order valence-corrected chi connectivity index (χ0v) is 17.6. The third-order valence-corrected chi connectivity index (χ3v) is 6.64. The van der Waals surface area contributed by atoms with Gasteiger partial charge < -0.3 is 0 Å². The largest absolute Gasteiger partial charge is 0.298 e. The van der Waals surface area contributed by atoms with Crippen LogP contribution < -0.4 is 0 Å². The van der Waals surface area contributed by atoms with Crippen molar-refractivity contribution >= 4 is 28.5 Å². The molecule has 0 amide bonds. The molecular formula is C27H17BrO2. The molecule has 0 radical (unpaired) electrons. The highest BCUT2D eigenvalue weighted by atomic mass is 79.9. The zero-order chi connectivity index (χ0) is 20.7. The summed E-state index contributed by atoms with van der Waals surface area (Å²) in [5.41, 5.74) is 7.62. The Morgan fingerprint density at radius 3 is 1.70 bits per heavy atom. The maximum atomic E-state index is 11.3. The van der Waals surface area contributed by atoms with Crippen LogP contribution in [0.2, 0.25) is 0 Å². The first kappa shape index (κ1) is 18.7. The summed E-state index contributed by atoms with van der Waals surface area (Å²) in [5.74, 6) is 0. The summed E-state index contributed by atoms with van der Waals surface area (Å²) in [7, 11) is 0. The molecule has 0 saturated heterocycles. The first-order valence-electron chi connectivity index (χ1n) is 9.70. The summed E-state index contributed by atoms with van der Waals surface area (Å²) in [4.78, 5) is 22.5.